The molecule has 196 valence electrons. The zero-order valence-corrected chi connectivity index (χ0v) is 24.7. The van der Waals surface area contributed by atoms with E-state index in [1.165, 1.54) is 10.4 Å². The summed E-state index contributed by atoms with van der Waals surface area (Å²) in [6.45, 7) is 20.5. The van der Waals surface area contributed by atoms with E-state index in [1.54, 1.807) is 0 Å². The van der Waals surface area contributed by atoms with Crippen molar-refractivity contribution in [1.82, 2.24) is 0 Å². The van der Waals surface area contributed by atoms with Crippen LogP contribution >= 0.6 is 0 Å². The number of fused-ring (bicyclic) bond motifs is 1. The van der Waals surface area contributed by atoms with Gasteiger partial charge in [-0.15, -0.1) is 0 Å². The van der Waals surface area contributed by atoms with Crippen LogP contribution in [0.3, 0.4) is 0 Å². The van der Waals surface area contributed by atoms with Gasteiger partial charge in [0.15, 0.2) is 5.79 Å². The Morgan fingerprint density at radius 1 is 0.806 bits per heavy atom. The van der Waals surface area contributed by atoms with Gasteiger partial charge in [0.05, 0.1) is 13.2 Å². The maximum absolute atomic E-state index is 7.68. The quantitative estimate of drug-likeness (QED) is 0.440. The lowest BCUT2D eigenvalue weighted by Gasteiger charge is -2.47. The fourth-order valence-corrected chi connectivity index (χ4v) is 12.4. The molecule has 3 fully saturated rings. The topological polar surface area (TPSA) is 27.7 Å². The first-order valence-corrected chi connectivity index (χ1v) is 15.7. The Morgan fingerprint density at radius 2 is 1.31 bits per heavy atom. The molecule has 1 spiro atoms. The average Bonchev–Trinajstić information content (AvgIpc) is 3.15. The van der Waals surface area contributed by atoms with E-state index < -0.39 is 14.1 Å². The van der Waals surface area contributed by atoms with Crippen LogP contribution in [0.4, 0.5) is 0 Å². The lowest BCUT2D eigenvalue weighted by atomic mass is 9.67. The number of hydrogen-bond acceptors (Lipinski definition) is 3. The highest BCUT2D eigenvalue weighted by Gasteiger charge is 2.69. The third kappa shape index (κ3) is 3.95. The van der Waals surface area contributed by atoms with E-state index in [2.05, 4.69) is 116 Å². The molecule has 1 aliphatic heterocycles. The zero-order chi connectivity index (χ0) is 26.0. The van der Waals surface area contributed by atoms with Crippen molar-refractivity contribution in [2.45, 2.75) is 91.6 Å². The van der Waals surface area contributed by atoms with Gasteiger partial charge < -0.3 is 13.9 Å². The summed E-state index contributed by atoms with van der Waals surface area (Å²) in [5, 5.41) is 2.71. The van der Waals surface area contributed by atoms with Gasteiger partial charge in [0, 0.05) is 24.4 Å². The lowest BCUT2D eigenvalue weighted by Crippen LogP contribution is -2.68. The fraction of sp³-hybridized carbons (Fsp3) is 0.625. The highest BCUT2D eigenvalue weighted by atomic mass is 28.4. The van der Waals surface area contributed by atoms with Crippen molar-refractivity contribution in [2.75, 3.05) is 13.2 Å². The zero-order valence-electron chi connectivity index (χ0n) is 23.7. The second-order valence-corrected chi connectivity index (χ2v) is 18.5. The molecule has 3 nitrogen and oxygen atoms in total. The summed E-state index contributed by atoms with van der Waals surface area (Å²) >= 11 is 0. The van der Waals surface area contributed by atoms with Crippen molar-refractivity contribution >= 4 is 18.7 Å². The van der Waals surface area contributed by atoms with Gasteiger partial charge >= 0.3 is 0 Å². The Labute approximate surface area is 220 Å². The first-order valence-electron chi connectivity index (χ1n) is 13.8. The predicted molar refractivity (Wildman–Crippen MR) is 150 cm³/mol. The summed E-state index contributed by atoms with van der Waals surface area (Å²) in [5.41, 5.74) is 0.305. The van der Waals surface area contributed by atoms with Crippen molar-refractivity contribution in [3.63, 3.8) is 0 Å². The standard InChI is InChI=1S/C32H46O3Si/c1-24-27(19-30(7)20-32(21-31(24,30)8)33-22-29(5,6)23-34-32)35-36(28(2,3)4,25-15-11-9-12-16-25)26-17-13-10-14-18-26/h9-18,24,27H,19-23H2,1-8H3/t24-,27+,30+,31+/m0/s1. The highest BCUT2D eigenvalue weighted by Crippen LogP contribution is 2.70. The van der Waals surface area contributed by atoms with E-state index in [0.29, 0.717) is 5.92 Å². The van der Waals surface area contributed by atoms with Gasteiger partial charge in [0.1, 0.15) is 0 Å². The van der Waals surface area contributed by atoms with Gasteiger partial charge in [0.25, 0.3) is 8.32 Å². The van der Waals surface area contributed by atoms with Gasteiger partial charge in [-0.25, -0.2) is 0 Å². The lowest BCUT2D eigenvalue weighted by molar-refractivity contribution is -0.301. The SMILES string of the molecule is C[C@H]1[C@H](O[Si](c2ccccc2)(c2ccccc2)C(C)(C)C)C[C@]2(C)CC3(C[C@]12C)OCC(C)(C)CO3. The summed E-state index contributed by atoms with van der Waals surface area (Å²) in [7, 11) is -2.60. The summed E-state index contributed by atoms with van der Waals surface area (Å²) in [5.74, 6) is -0.0268. The maximum Gasteiger partial charge on any atom is 0.261 e. The molecule has 0 unspecified atom stereocenters. The molecule has 2 saturated carbocycles. The third-order valence-electron chi connectivity index (χ3n) is 10.1. The van der Waals surface area contributed by atoms with Crippen LogP contribution in [0.2, 0.25) is 5.04 Å². The van der Waals surface area contributed by atoms with E-state index in [-0.39, 0.29) is 27.4 Å². The predicted octanol–water partition coefficient (Wildman–Crippen LogP) is 6.55. The molecule has 3 aliphatic rings. The smallest absolute Gasteiger partial charge is 0.261 e. The molecule has 1 heterocycles. The molecular weight excluding hydrogens is 460 g/mol. The first kappa shape index (κ1) is 26.2. The number of benzene rings is 2. The van der Waals surface area contributed by atoms with Crippen LogP contribution in [0.1, 0.15) is 74.7 Å². The molecule has 4 atom stereocenters. The Morgan fingerprint density at radius 3 is 1.75 bits per heavy atom. The van der Waals surface area contributed by atoms with Gasteiger partial charge in [-0.05, 0) is 38.6 Å². The minimum atomic E-state index is -2.60. The summed E-state index contributed by atoms with van der Waals surface area (Å²) in [6.07, 6.45) is 3.16. The van der Waals surface area contributed by atoms with Gasteiger partial charge in [-0.2, -0.15) is 0 Å². The molecule has 0 bridgehead atoms. The van der Waals surface area contributed by atoms with Gasteiger partial charge in [-0.3, -0.25) is 0 Å². The van der Waals surface area contributed by atoms with Crippen LogP contribution in [0.5, 0.6) is 0 Å². The fourth-order valence-electron chi connectivity index (χ4n) is 7.68. The molecule has 36 heavy (non-hydrogen) atoms. The molecule has 0 aromatic heterocycles. The Balaban J connectivity index is 1.51. The summed E-state index contributed by atoms with van der Waals surface area (Å²) < 4.78 is 20.7. The van der Waals surface area contributed by atoms with Gasteiger partial charge in [-0.1, -0.05) is 116 Å². The van der Waals surface area contributed by atoms with E-state index in [9.17, 15) is 0 Å². The van der Waals surface area contributed by atoms with Crippen molar-refractivity contribution in [1.29, 1.82) is 0 Å². The molecule has 4 heteroatoms. The van der Waals surface area contributed by atoms with Crippen molar-refractivity contribution in [3.8, 4) is 0 Å². The summed E-state index contributed by atoms with van der Waals surface area (Å²) in [4.78, 5) is 0. The molecule has 0 N–H and O–H groups in total. The molecule has 2 aromatic rings. The molecule has 5 rings (SSSR count). The van der Waals surface area contributed by atoms with Crippen LogP contribution in [-0.4, -0.2) is 33.4 Å². The molecule has 2 aliphatic carbocycles. The van der Waals surface area contributed by atoms with Crippen LogP contribution in [0.25, 0.3) is 0 Å². The molecule has 1 saturated heterocycles. The highest BCUT2D eigenvalue weighted by molar-refractivity contribution is 6.99. The number of rotatable bonds is 4. The van der Waals surface area contributed by atoms with Crippen LogP contribution in [-0.2, 0) is 13.9 Å². The maximum atomic E-state index is 7.68. The third-order valence-corrected chi connectivity index (χ3v) is 15.1. The van der Waals surface area contributed by atoms with Gasteiger partial charge in [0.2, 0.25) is 0 Å². The minimum absolute atomic E-state index is 0.0165. The van der Waals surface area contributed by atoms with Crippen molar-refractivity contribution in [2.24, 2.45) is 22.2 Å². The second kappa shape index (κ2) is 8.52. The largest absolute Gasteiger partial charge is 0.404 e. The molecule has 2 aromatic carbocycles. The summed E-state index contributed by atoms with van der Waals surface area (Å²) in [6, 6.07) is 22.1. The number of ether oxygens (including phenoxy) is 2. The molecule has 0 amide bonds. The Hall–Kier alpha value is -1.46. The van der Waals surface area contributed by atoms with Crippen molar-refractivity contribution < 1.29 is 13.9 Å². The van der Waals surface area contributed by atoms with E-state index in [1.807, 2.05) is 0 Å². The Kier molecular flexibility index (Phi) is 6.19. The first-order chi connectivity index (χ1) is 16.8. The van der Waals surface area contributed by atoms with E-state index in [0.717, 1.165) is 32.5 Å². The Bertz CT molecular complexity index is 1030. The van der Waals surface area contributed by atoms with Crippen LogP contribution in [0, 0.1) is 22.2 Å². The average molecular weight is 507 g/mol. The second-order valence-electron chi connectivity index (χ2n) is 14.3. The minimum Gasteiger partial charge on any atom is -0.404 e. The van der Waals surface area contributed by atoms with Crippen LogP contribution in [0.15, 0.2) is 60.7 Å². The van der Waals surface area contributed by atoms with Crippen molar-refractivity contribution in [3.05, 3.63) is 60.7 Å². The normalized spacial score (nSPS) is 33.6. The van der Waals surface area contributed by atoms with Crippen LogP contribution < -0.4 is 10.4 Å². The molecule has 0 radical (unpaired) electrons. The molecular formula is C32H46O3Si. The number of hydrogen-bond donors (Lipinski definition) is 0. The monoisotopic (exact) mass is 506 g/mol. The van der Waals surface area contributed by atoms with E-state index >= 15 is 0 Å². The van der Waals surface area contributed by atoms with E-state index in [4.69, 9.17) is 13.9 Å².